The third kappa shape index (κ3) is 3.71. The number of anilines is 1. The van der Waals surface area contributed by atoms with Crippen LogP contribution in [0.2, 0.25) is 0 Å². The number of rotatable bonds is 4. The highest BCUT2D eigenvalue weighted by Gasteiger charge is 2.08. The van der Waals surface area contributed by atoms with Crippen LogP contribution in [0, 0.1) is 12.8 Å². The Kier molecular flexibility index (Phi) is 3.85. The van der Waals surface area contributed by atoms with Crippen molar-refractivity contribution in [3.05, 3.63) is 22.1 Å². The largest absolute Gasteiger partial charge is 0.391 e. The van der Waals surface area contributed by atoms with Crippen LogP contribution in [0.25, 0.3) is 0 Å². The zero-order valence-corrected chi connectivity index (χ0v) is 9.24. The quantitative estimate of drug-likeness (QED) is 0.678. The Bertz CT molecular complexity index is 373. The number of aryl methyl sites for hydroxylation is 1. The predicted molar refractivity (Wildman–Crippen MR) is 58.9 cm³/mol. The minimum atomic E-state index is -0.448. The van der Waals surface area contributed by atoms with Crippen LogP contribution < -0.4 is 10.9 Å². The van der Waals surface area contributed by atoms with Gasteiger partial charge in [-0.15, -0.1) is 0 Å². The van der Waals surface area contributed by atoms with Crippen LogP contribution in [0.4, 0.5) is 5.95 Å². The maximum absolute atomic E-state index is 11.1. The van der Waals surface area contributed by atoms with Gasteiger partial charge in [0.2, 0.25) is 5.95 Å². The molecule has 0 bridgehead atoms. The Morgan fingerprint density at radius 3 is 2.80 bits per heavy atom. The van der Waals surface area contributed by atoms with Gasteiger partial charge in [-0.1, -0.05) is 13.8 Å². The Hall–Kier alpha value is -1.36. The maximum atomic E-state index is 11.1. The third-order valence-electron chi connectivity index (χ3n) is 2.12. The first-order valence-electron chi connectivity index (χ1n) is 4.99. The summed E-state index contributed by atoms with van der Waals surface area (Å²) in [4.78, 5) is 17.7. The first-order valence-corrected chi connectivity index (χ1v) is 4.99. The highest BCUT2D eigenvalue weighted by molar-refractivity contribution is 5.24. The van der Waals surface area contributed by atoms with Crippen LogP contribution in [-0.2, 0) is 0 Å². The summed E-state index contributed by atoms with van der Waals surface area (Å²) in [6, 6.07) is 1.42. The molecule has 0 spiro atoms. The van der Waals surface area contributed by atoms with Gasteiger partial charge >= 0.3 is 0 Å². The molecule has 15 heavy (non-hydrogen) atoms. The van der Waals surface area contributed by atoms with Crippen molar-refractivity contribution in [2.45, 2.75) is 26.9 Å². The molecule has 1 aromatic rings. The van der Waals surface area contributed by atoms with E-state index in [-0.39, 0.29) is 11.5 Å². The lowest BCUT2D eigenvalue weighted by Gasteiger charge is -2.15. The van der Waals surface area contributed by atoms with Crippen LogP contribution in [0.3, 0.4) is 0 Å². The molecule has 0 aliphatic rings. The molecule has 5 heteroatoms. The van der Waals surface area contributed by atoms with Crippen LogP contribution in [0.15, 0.2) is 10.9 Å². The zero-order chi connectivity index (χ0) is 11.4. The molecule has 1 rings (SSSR count). The van der Waals surface area contributed by atoms with Crippen LogP contribution in [0.1, 0.15) is 19.5 Å². The van der Waals surface area contributed by atoms with E-state index in [1.54, 1.807) is 6.92 Å². The molecule has 1 heterocycles. The smallest absolute Gasteiger partial charge is 0.252 e. The van der Waals surface area contributed by atoms with Crippen molar-refractivity contribution >= 4 is 5.95 Å². The first kappa shape index (κ1) is 11.7. The van der Waals surface area contributed by atoms with Gasteiger partial charge in [-0.25, -0.2) is 4.98 Å². The van der Waals surface area contributed by atoms with Crippen LogP contribution in [-0.4, -0.2) is 27.7 Å². The molecule has 0 fully saturated rings. The van der Waals surface area contributed by atoms with Gasteiger partial charge in [0.25, 0.3) is 5.56 Å². The number of nitrogens with zero attached hydrogens (tertiary/aromatic N) is 1. The minimum absolute atomic E-state index is 0.175. The van der Waals surface area contributed by atoms with Gasteiger partial charge in [0.1, 0.15) is 0 Å². The monoisotopic (exact) mass is 211 g/mol. The Morgan fingerprint density at radius 2 is 2.27 bits per heavy atom. The van der Waals surface area contributed by atoms with Gasteiger partial charge in [0, 0.05) is 18.3 Å². The van der Waals surface area contributed by atoms with Gasteiger partial charge in [-0.05, 0) is 12.8 Å². The lowest BCUT2D eigenvalue weighted by Crippen LogP contribution is -2.26. The SMILES string of the molecule is Cc1cc(=O)[nH]c(NCC(O)C(C)C)n1. The van der Waals surface area contributed by atoms with E-state index in [4.69, 9.17) is 0 Å². The highest BCUT2D eigenvalue weighted by atomic mass is 16.3. The molecule has 5 nitrogen and oxygen atoms in total. The lowest BCUT2D eigenvalue weighted by molar-refractivity contribution is 0.137. The van der Waals surface area contributed by atoms with E-state index >= 15 is 0 Å². The van der Waals surface area contributed by atoms with E-state index in [0.29, 0.717) is 18.2 Å². The predicted octanol–water partition coefficient (Wildman–Crippen LogP) is 0.507. The van der Waals surface area contributed by atoms with Crippen molar-refractivity contribution in [1.82, 2.24) is 9.97 Å². The summed E-state index contributed by atoms with van der Waals surface area (Å²) in [7, 11) is 0. The average Bonchev–Trinajstić information content (AvgIpc) is 2.12. The van der Waals surface area contributed by atoms with Crippen molar-refractivity contribution in [3.8, 4) is 0 Å². The molecule has 0 radical (unpaired) electrons. The molecule has 0 saturated heterocycles. The number of aliphatic hydroxyl groups excluding tert-OH is 1. The number of hydrogen-bond donors (Lipinski definition) is 3. The highest BCUT2D eigenvalue weighted by Crippen LogP contribution is 2.02. The van der Waals surface area contributed by atoms with Crippen molar-refractivity contribution < 1.29 is 5.11 Å². The van der Waals surface area contributed by atoms with E-state index in [2.05, 4.69) is 15.3 Å². The number of aliphatic hydroxyl groups is 1. The van der Waals surface area contributed by atoms with Crippen molar-refractivity contribution in [2.24, 2.45) is 5.92 Å². The van der Waals surface area contributed by atoms with E-state index < -0.39 is 6.10 Å². The molecule has 0 amide bonds. The molecule has 0 aromatic carbocycles. The molecular formula is C10H17N3O2. The van der Waals surface area contributed by atoms with Gasteiger partial charge in [-0.2, -0.15) is 0 Å². The molecule has 1 atom stereocenters. The fourth-order valence-corrected chi connectivity index (χ4v) is 1.10. The van der Waals surface area contributed by atoms with E-state index in [0.717, 1.165) is 0 Å². The summed E-state index contributed by atoms with van der Waals surface area (Å²) in [5, 5.41) is 12.4. The van der Waals surface area contributed by atoms with E-state index in [1.165, 1.54) is 6.07 Å². The topological polar surface area (TPSA) is 78.0 Å². The lowest BCUT2D eigenvalue weighted by atomic mass is 10.1. The fraction of sp³-hybridized carbons (Fsp3) is 0.600. The van der Waals surface area contributed by atoms with Crippen molar-refractivity contribution in [3.63, 3.8) is 0 Å². The molecule has 0 aliphatic heterocycles. The number of nitrogens with one attached hydrogen (secondary N) is 2. The third-order valence-corrected chi connectivity index (χ3v) is 2.12. The number of aromatic nitrogens is 2. The average molecular weight is 211 g/mol. The van der Waals surface area contributed by atoms with Crippen molar-refractivity contribution in [1.29, 1.82) is 0 Å². The Balaban J connectivity index is 2.61. The zero-order valence-electron chi connectivity index (χ0n) is 9.24. The first-order chi connectivity index (χ1) is 6.99. The molecular weight excluding hydrogens is 194 g/mol. The van der Waals surface area contributed by atoms with Crippen LogP contribution >= 0.6 is 0 Å². The molecule has 0 saturated carbocycles. The summed E-state index contributed by atoms with van der Waals surface area (Å²) in [5.41, 5.74) is 0.462. The Morgan fingerprint density at radius 1 is 1.60 bits per heavy atom. The standard InChI is InChI=1S/C10H17N3O2/c1-6(2)8(14)5-11-10-12-7(3)4-9(15)13-10/h4,6,8,14H,5H2,1-3H3,(H2,11,12,13,15). The molecule has 3 N–H and O–H groups in total. The summed E-state index contributed by atoms with van der Waals surface area (Å²) >= 11 is 0. The van der Waals surface area contributed by atoms with Crippen LogP contribution in [0.5, 0.6) is 0 Å². The molecule has 1 unspecified atom stereocenters. The second-order valence-electron chi connectivity index (χ2n) is 3.93. The maximum Gasteiger partial charge on any atom is 0.252 e. The van der Waals surface area contributed by atoms with Crippen molar-refractivity contribution in [2.75, 3.05) is 11.9 Å². The van der Waals surface area contributed by atoms with Gasteiger partial charge in [-0.3, -0.25) is 9.78 Å². The van der Waals surface area contributed by atoms with Gasteiger partial charge in [0.05, 0.1) is 6.10 Å². The van der Waals surface area contributed by atoms with Gasteiger partial charge < -0.3 is 10.4 Å². The second-order valence-corrected chi connectivity index (χ2v) is 3.93. The molecule has 84 valence electrons. The normalized spacial score (nSPS) is 12.9. The fourth-order valence-electron chi connectivity index (χ4n) is 1.10. The summed E-state index contributed by atoms with van der Waals surface area (Å²) < 4.78 is 0. The van der Waals surface area contributed by atoms with Gasteiger partial charge in [0.15, 0.2) is 0 Å². The summed E-state index contributed by atoms with van der Waals surface area (Å²) in [6.07, 6.45) is -0.448. The van der Waals surface area contributed by atoms with E-state index in [9.17, 15) is 9.90 Å². The summed E-state index contributed by atoms with van der Waals surface area (Å²) in [5.74, 6) is 0.578. The molecule has 1 aromatic heterocycles. The molecule has 0 aliphatic carbocycles. The Labute approximate surface area is 88.6 Å². The number of hydrogen-bond acceptors (Lipinski definition) is 4. The van der Waals surface area contributed by atoms with E-state index in [1.807, 2.05) is 13.8 Å². The summed E-state index contributed by atoms with van der Waals surface area (Å²) in [6.45, 7) is 5.99. The number of H-pyrrole nitrogens is 1. The minimum Gasteiger partial charge on any atom is -0.391 e. The number of aromatic amines is 1. The second kappa shape index (κ2) is 4.93.